The molecule has 2 saturated carbocycles. The predicted octanol–water partition coefficient (Wildman–Crippen LogP) is 7.80. The summed E-state index contributed by atoms with van der Waals surface area (Å²) in [5, 5.41) is 9.62. The Hall–Kier alpha value is -0.900. The number of aliphatic hydroxyl groups is 1. The average molecular weight is 491 g/mol. The quantitative estimate of drug-likeness (QED) is 0.305. The second-order valence-corrected chi connectivity index (χ2v) is 14.1. The molecular formula is C31H51FO3. The van der Waals surface area contributed by atoms with Crippen molar-refractivity contribution >= 4 is 5.97 Å². The first kappa shape index (κ1) is 27.1. The Bertz CT molecular complexity index is 861. The van der Waals surface area contributed by atoms with Crippen molar-refractivity contribution in [3.05, 3.63) is 11.1 Å². The van der Waals surface area contributed by atoms with Crippen molar-refractivity contribution in [1.82, 2.24) is 0 Å². The van der Waals surface area contributed by atoms with E-state index in [9.17, 15) is 14.3 Å². The molecule has 0 spiro atoms. The number of esters is 1. The van der Waals surface area contributed by atoms with Gasteiger partial charge in [0.15, 0.2) is 0 Å². The van der Waals surface area contributed by atoms with Crippen LogP contribution in [-0.2, 0) is 9.53 Å². The van der Waals surface area contributed by atoms with Gasteiger partial charge >= 0.3 is 5.97 Å². The number of halogens is 1. The molecule has 0 aliphatic heterocycles. The largest absolute Gasteiger partial charge is 0.462 e. The van der Waals surface area contributed by atoms with E-state index in [0.29, 0.717) is 24.2 Å². The molecule has 3 nitrogen and oxygen atoms in total. The van der Waals surface area contributed by atoms with Gasteiger partial charge in [-0.3, -0.25) is 4.79 Å². The average Bonchev–Trinajstić information content (AvgIpc) is 3.05. The Balaban J connectivity index is 1.60. The van der Waals surface area contributed by atoms with E-state index in [0.717, 1.165) is 19.3 Å². The third-order valence-electron chi connectivity index (χ3n) is 12.2. The van der Waals surface area contributed by atoms with Gasteiger partial charge in [0.25, 0.3) is 0 Å². The molecule has 9 atom stereocenters. The summed E-state index contributed by atoms with van der Waals surface area (Å²) in [4.78, 5) is 11.8. The highest BCUT2D eigenvalue weighted by atomic mass is 19.1. The molecule has 0 heterocycles. The van der Waals surface area contributed by atoms with Crippen molar-refractivity contribution in [2.75, 3.05) is 0 Å². The molecule has 200 valence electrons. The van der Waals surface area contributed by atoms with Crippen molar-refractivity contribution in [2.45, 2.75) is 138 Å². The van der Waals surface area contributed by atoms with Crippen LogP contribution in [0.3, 0.4) is 0 Å². The van der Waals surface area contributed by atoms with Crippen LogP contribution in [0.4, 0.5) is 4.39 Å². The summed E-state index contributed by atoms with van der Waals surface area (Å²) >= 11 is 0. The fourth-order valence-electron chi connectivity index (χ4n) is 9.89. The maximum Gasteiger partial charge on any atom is 0.302 e. The molecule has 0 radical (unpaired) electrons. The highest BCUT2D eigenvalue weighted by Crippen LogP contribution is 2.72. The van der Waals surface area contributed by atoms with E-state index < -0.39 is 12.3 Å². The minimum atomic E-state index is -1.11. The molecule has 0 amide bonds. The summed E-state index contributed by atoms with van der Waals surface area (Å²) in [6.07, 6.45) is 8.68. The van der Waals surface area contributed by atoms with Crippen LogP contribution in [0.5, 0.6) is 0 Å². The van der Waals surface area contributed by atoms with Crippen LogP contribution in [0.1, 0.15) is 120 Å². The van der Waals surface area contributed by atoms with Gasteiger partial charge in [-0.1, -0.05) is 52.7 Å². The van der Waals surface area contributed by atoms with Gasteiger partial charge in [-0.25, -0.2) is 4.39 Å². The Labute approximate surface area is 213 Å². The van der Waals surface area contributed by atoms with Crippen molar-refractivity contribution in [1.29, 1.82) is 0 Å². The van der Waals surface area contributed by atoms with Crippen molar-refractivity contribution in [3.8, 4) is 0 Å². The SMILES string of the molecule is CC(=O)O[C@H]1CC[C@]2(C)C3=C(CC[C@H]2C1(C)C)[C@]1(C)CC[C@H]([C@H](C)CCC(F)C(C)O)[C@@]1(C)CC3. The first-order valence-electron chi connectivity index (χ1n) is 14.4. The van der Waals surface area contributed by atoms with Crippen molar-refractivity contribution < 1.29 is 19.0 Å². The normalized spacial score (nSPS) is 43.0. The Morgan fingerprint density at radius 2 is 1.69 bits per heavy atom. The van der Waals surface area contributed by atoms with Gasteiger partial charge in [-0.15, -0.1) is 0 Å². The molecule has 0 bridgehead atoms. The number of carbonyl (C=O) groups is 1. The van der Waals surface area contributed by atoms with Gasteiger partial charge in [0.2, 0.25) is 0 Å². The third-order valence-corrected chi connectivity index (χ3v) is 12.2. The Morgan fingerprint density at radius 1 is 1.00 bits per heavy atom. The van der Waals surface area contributed by atoms with Gasteiger partial charge in [-0.2, -0.15) is 0 Å². The molecule has 35 heavy (non-hydrogen) atoms. The summed E-state index contributed by atoms with van der Waals surface area (Å²) in [5.41, 5.74) is 4.17. The van der Waals surface area contributed by atoms with Gasteiger partial charge in [-0.05, 0) is 105 Å². The molecule has 2 unspecified atom stereocenters. The molecule has 4 rings (SSSR count). The highest BCUT2D eigenvalue weighted by Gasteiger charge is 2.63. The van der Waals surface area contributed by atoms with Crippen LogP contribution in [-0.4, -0.2) is 29.5 Å². The van der Waals surface area contributed by atoms with Gasteiger partial charge in [0.1, 0.15) is 12.3 Å². The molecule has 2 fully saturated rings. The zero-order chi connectivity index (χ0) is 26.0. The maximum absolute atomic E-state index is 14.2. The summed E-state index contributed by atoms with van der Waals surface area (Å²) < 4.78 is 20.0. The van der Waals surface area contributed by atoms with E-state index in [1.54, 1.807) is 25.0 Å². The zero-order valence-electron chi connectivity index (χ0n) is 23.7. The predicted molar refractivity (Wildman–Crippen MR) is 140 cm³/mol. The lowest BCUT2D eigenvalue weighted by Gasteiger charge is -2.62. The van der Waals surface area contributed by atoms with Gasteiger partial charge in [0, 0.05) is 12.3 Å². The monoisotopic (exact) mass is 490 g/mol. The number of allylic oxidation sites excluding steroid dienone is 2. The molecular weight excluding hydrogens is 439 g/mol. The lowest BCUT2D eigenvalue weighted by atomic mass is 9.43. The minimum absolute atomic E-state index is 0.0155. The number of carbonyl (C=O) groups excluding carboxylic acids is 1. The first-order chi connectivity index (χ1) is 16.2. The smallest absolute Gasteiger partial charge is 0.302 e. The second-order valence-electron chi connectivity index (χ2n) is 14.1. The fraction of sp³-hybridized carbons (Fsp3) is 0.903. The molecule has 4 aliphatic rings. The number of hydrogen-bond acceptors (Lipinski definition) is 3. The third kappa shape index (κ3) is 4.12. The number of aliphatic hydroxyl groups excluding tert-OH is 1. The van der Waals surface area contributed by atoms with E-state index in [2.05, 4.69) is 41.5 Å². The van der Waals surface area contributed by atoms with Gasteiger partial charge in [0.05, 0.1) is 6.10 Å². The Kier molecular flexibility index (Phi) is 7.09. The first-order valence-corrected chi connectivity index (χ1v) is 14.4. The molecule has 1 N–H and O–H groups in total. The lowest BCUT2D eigenvalue weighted by Crippen LogP contribution is -2.55. The van der Waals surface area contributed by atoms with Crippen LogP contribution in [0.15, 0.2) is 11.1 Å². The maximum atomic E-state index is 14.2. The van der Waals surface area contributed by atoms with Crippen molar-refractivity contribution in [3.63, 3.8) is 0 Å². The van der Waals surface area contributed by atoms with E-state index in [1.165, 1.54) is 38.5 Å². The van der Waals surface area contributed by atoms with Crippen LogP contribution in [0.25, 0.3) is 0 Å². The van der Waals surface area contributed by atoms with E-state index in [4.69, 9.17) is 4.74 Å². The molecule has 0 aromatic rings. The lowest BCUT2D eigenvalue weighted by molar-refractivity contribution is -0.167. The standard InChI is InChI=1S/C31H51FO3/c1-19(9-11-25(32)20(2)33)22-13-17-31(8)24-10-12-26-28(4,5)27(35-21(3)34)15-16-29(26,6)23(24)14-18-30(22,31)7/h19-20,22,25-27,33H,9-18H2,1-8H3/t19-,20?,22-,25?,26+,27+,29-,30-,31+/m1/s1. The molecule has 0 aromatic heterocycles. The highest BCUT2D eigenvalue weighted by molar-refractivity contribution is 5.66. The summed E-state index contributed by atoms with van der Waals surface area (Å²) in [6, 6.07) is 0. The number of alkyl halides is 1. The fourth-order valence-corrected chi connectivity index (χ4v) is 9.89. The van der Waals surface area contributed by atoms with Crippen LogP contribution in [0.2, 0.25) is 0 Å². The number of fused-ring (bicyclic) bond motifs is 4. The summed E-state index contributed by atoms with van der Waals surface area (Å²) in [5.74, 6) is 1.48. The molecule has 4 heteroatoms. The second kappa shape index (κ2) is 9.14. The number of rotatable bonds is 6. The molecule has 4 aliphatic carbocycles. The molecule has 0 aromatic carbocycles. The minimum Gasteiger partial charge on any atom is -0.462 e. The van der Waals surface area contributed by atoms with Crippen LogP contribution < -0.4 is 0 Å². The number of ether oxygens (including phenoxy) is 1. The van der Waals surface area contributed by atoms with Crippen LogP contribution in [0, 0.1) is 39.4 Å². The zero-order valence-corrected chi connectivity index (χ0v) is 23.7. The van der Waals surface area contributed by atoms with Crippen molar-refractivity contribution in [2.24, 2.45) is 39.4 Å². The molecule has 0 saturated heterocycles. The topological polar surface area (TPSA) is 46.5 Å². The summed E-state index contributed by atoms with van der Waals surface area (Å²) in [6.45, 7) is 17.7. The van der Waals surface area contributed by atoms with Crippen LogP contribution >= 0.6 is 0 Å². The van der Waals surface area contributed by atoms with E-state index >= 15 is 0 Å². The number of hydrogen-bond donors (Lipinski definition) is 1. The Morgan fingerprint density at radius 3 is 2.31 bits per heavy atom. The summed E-state index contributed by atoms with van der Waals surface area (Å²) in [7, 11) is 0. The van der Waals surface area contributed by atoms with Gasteiger partial charge < -0.3 is 9.84 Å². The van der Waals surface area contributed by atoms with E-state index in [-0.39, 0.29) is 33.7 Å². The van der Waals surface area contributed by atoms with E-state index in [1.807, 2.05) is 0 Å².